The van der Waals surface area contributed by atoms with Crippen LogP contribution in [-0.4, -0.2) is 29.4 Å². The molecule has 4 N–H and O–H groups in total. The van der Waals surface area contributed by atoms with Crippen molar-refractivity contribution in [3.05, 3.63) is 58.9 Å². The lowest BCUT2D eigenvalue weighted by Crippen LogP contribution is -2.39. The highest BCUT2D eigenvalue weighted by atomic mass is 35.5. The van der Waals surface area contributed by atoms with Gasteiger partial charge in [-0.3, -0.25) is 0 Å². The summed E-state index contributed by atoms with van der Waals surface area (Å²) < 4.78 is 14.5. The summed E-state index contributed by atoms with van der Waals surface area (Å²) in [5, 5.41) is 18.4. The second-order valence-corrected chi connectivity index (χ2v) is 8.91. The van der Waals surface area contributed by atoms with E-state index in [0.29, 0.717) is 28.7 Å². The van der Waals surface area contributed by atoms with Crippen LogP contribution in [0.3, 0.4) is 0 Å². The predicted octanol–water partition coefficient (Wildman–Crippen LogP) is 4.49. The first-order chi connectivity index (χ1) is 15.3. The number of nitrogens with two attached hydrogens (primary N) is 1. The first-order valence-electron chi connectivity index (χ1n) is 11.0. The van der Waals surface area contributed by atoms with Crippen molar-refractivity contribution in [3.63, 3.8) is 0 Å². The summed E-state index contributed by atoms with van der Waals surface area (Å²) in [5.41, 5.74) is 8.76. The molecule has 0 amide bonds. The van der Waals surface area contributed by atoms with Crippen LogP contribution in [0, 0.1) is 17.7 Å². The SMILES string of the molecule is NC(CCCCB(O)O)C1CC(CCc2ccc(-c3ccc(Cl)cc3)c(F)c2)C1.O=C=O. The normalized spacial score (nSPS) is 18.0. The molecule has 0 radical (unpaired) electrons. The van der Waals surface area contributed by atoms with Crippen LogP contribution < -0.4 is 5.73 Å². The Morgan fingerprint density at radius 3 is 2.38 bits per heavy atom. The lowest BCUT2D eigenvalue weighted by atomic mass is 9.68. The fraction of sp³-hybridized carbons (Fsp3) is 0.458. The average molecular weight is 462 g/mol. The number of hydrogen-bond donors (Lipinski definition) is 3. The summed E-state index contributed by atoms with van der Waals surface area (Å²) in [4.78, 5) is 16.2. The zero-order chi connectivity index (χ0) is 23.5. The van der Waals surface area contributed by atoms with E-state index in [1.54, 1.807) is 18.2 Å². The second-order valence-electron chi connectivity index (χ2n) is 8.47. The van der Waals surface area contributed by atoms with Gasteiger partial charge in [0.2, 0.25) is 0 Å². The third-order valence-electron chi connectivity index (χ3n) is 6.16. The van der Waals surface area contributed by atoms with Gasteiger partial charge < -0.3 is 15.8 Å². The maximum atomic E-state index is 14.5. The Labute approximate surface area is 193 Å². The van der Waals surface area contributed by atoms with Crippen LogP contribution in [0.1, 0.15) is 44.1 Å². The van der Waals surface area contributed by atoms with Gasteiger partial charge in [-0.25, -0.2) is 4.39 Å². The van der Waals surface area contributed by atoms with Crippen LogP contribution in [0.15, 0.2) is 42.5 Å². The monoisotopic (exact) mass is 461 g/mol. The average Bonchev–Trinajstić information content (AvgIpc) is 2.71. The van der Waals surface area contributed by atoms with Gasteiger partial charge in [-0.1, -0.05) is 48.7 Å². The van der Waals surface area contributed by atoms with Crippen LogP contribution in [0.25, 0.3) is 11.1 Å². The van der Waals surface area contributed by atoms with Crippen LogP contribution in [0.4, 0.5) is 4.39 Å². The highest BCUT2D eigenvalue weighted by Crippen LogP contribution is 2.39. The summed E-state index contributed by atoms with van der Waals surface area (Å²) >= 11 is 5.91. The quantitative estimate of drug-likeness (QED) is 0.357. The Morgan fingerprint density at radius 2 is 1.78 bits per heavy atom. The maximum Gasteiger partial charge on any atom is 0.451 e. The van der Waals surface area contributed by atoms with Gasteiger partial charge in [0.25, 0.3) is 0 Å². The molecule has 1 unspecified atom stereocenters. The van der Waals surface area contributed by atoms with Gasteiger partial charge in [0.1, 0.15) is 5.82 Å². The third-order valence-corrected chi connectivity index (χ3v) is 6.41. The Hall–Kier alpha value is -2.02. The summed E-state index contributed by atoms with van der Waals surface area (Å²) in [7, 11) is -1.20. The van der Waals surface area contributed by atoms with Crippen LogP contribution in [0.5, 0.6) is 0 Å². The van der Waals surface area contributed by atoms with E-state index >= 15 is 0 Å². The summed E-state index contributed by atoms with van der Waals surface area (Å²) in [6.07, 6.45) is 7.62. The molecule has 1 fully saturated rings. The molecular weight excluding hydrogens is 432 g/mol. The van der Waals surface area contributed by atoms with Gasteiger partial charge in [0.05, 0.1) is 0 Å². The smallest absolute Gasteiger partial charge is 0.427 e. The summed E-state index contributed by atoms with van der Waals surface area (Å²) in [6.45, 7) is 0. The second kappa shape index (κ2) is 13.5. The molecule has 0 bridgehead atoms. The van der Waals surface area contributed by atoms with E-state index in [-0.39, 0.29) is 18.0 Å². The fourth-order valence-corrected chi connectivity index (χ4v) is 4.39. The Bertz CT molecular complexity index is 869. The van der Waals surface area contributed by atoms with Crippen LogP contribution >= 0.6 is 11.6 Å². The molecule has 1 aliphatic rings. The molecule has 0 saturated heterocycles. The molecule has 32 heavy (non-hydrogen) atoms. The maximum absolute atomic E-state index is 14.5. The highest BCUT2D eigenvalue weighted by molar-refractivity contribution is 6.40. The fourth-order valence-electron chi connectivity index (χ4n) is 4.26. The van der Waals surface area contributed by atoms with E-state index in [2.05, 4.69) is 0 Å². The molecule has 2 aromatic carbocycles. The van der Waals surface area contributed by atoms with Crippen molar-refractivity contribution in [2.45, 2.75) is 57.3 Å². The van der Waals surface area contributed by atoms with E-state index < -0.39 is 7.12 Å². The van der Waals surface area contributed by atoms with E-state index in [4.69, 9.17) is 37.0 Å². The van der Waals surface area contributed by atoms with Crippen molar-refractivity contribution < 1.29 is 24.0 Å². The minimum atomic E-state index is -1.20. The molecule has 8 heteroatoms. The van der Waals surface area contributed by atoms with Gasteiger partial charge in [-0.2, -0.15) is 9.59 Å². The number of hydrogen-bond acceptors (Lipinski definition) is 5. The lowest BCUT2D eigenvalue weighted by molar-refractivity contribution is -0.191. The minimum absolute atomic E-state index is 0.189. The van der Waals surface area contributed by atoms with Gasteiger partial charge >= 0.3 is 13.3 Å². The number of unbranched alkanes of at least 4 members (excludes halogenated alkanes) is 1. The highest BCUT2D eigenvalue weighted by Gasteiger charge is 2.32. The molecule has 172 valence electrons. The zero-order valence-electron chi connectivity index (χ0n) is 18.1. The first kappa shape index (κ1) is 26.2. The molecule has 1 aliphatic carbocycles. The van der Waals surface area contributed by atoms with Crippen molar-refractivity contribution in [2.24, 2.45) is 17.6 Å². The number of benzene rings is 2. The molecule has 5 nitrogen and oxygen atoms in total. The molecule has 3 rings (SSSR count). The first-order valence-corrected chi connectivity index (χ1v) is 11.4. The number of rotatable bonds is 10. The van der Waals surface area contributed by atoms with Gasteiger partial charge in [0.15, 0.2) is 0 Å². The van der Waals surface area contributed by atoms with Crippen molar-refractivity contribution >= 4 is 24.9 Å². The molecule has 1 saturated carbocycles. The molecule has 0 heterocycles. The number of halogens is 2. The lowest BCUT2D eigenvalue weighted by Gasteiger charge is -2.39. The molecule has 0 spiro atoms. The van der Waals surface area contributed by atoms with Crippen molar-refractivity contribution in [2.75, 3.05) is 0 Å². The summed E-state index contributed by atoms with van der Waals surface area (Å²) in [6, 6.07) is 13.0. The van der Waals surface area contributed by atoms with E-state index in [1.165, 1.54) is 0 Å². The van der Waals surface area contributed by atoms with Gasteiger partial charge in [-0.05, 0) is 79.6 Å². The Morgan fingerprint density at radius 1 is 1.12 bits per heavy atom. The van der Waals surface area contributed by atoms with E-state index in [1.807, 2.05) is 24.3 Å². The van der Waals surface area contributed by atoms with Crippen LogP contribution in [0.2, 0.25) is 11.3 Å². The molecule has 0 aromatic heterocycles. The van der Waals surface area contributed by atoms with Crippen molar-refractivity contribution in [3.8, 4) is 11.1 Å². The van der Waals surface area contributed by atoms with E-state index in [9.17, 15) is 4.39 Å². The molecular formula is C24H30BClFNO4. The van der Waals surface area contributed by atoms with Gasteiger partial charge in [-0.15, -0.1) is 0 Å². The predicted molar refractivity (Wildman–Crippen MR) is 123 cm³/mol. The molecule has 0 aliphatic heterocycles. The van der Waals surface area contributed by atoms with E-state index in [0.717, 1.165) is 56.1 Å². The Kier molecular flexibility index (Phi) is 11.1. The third kappa shape index (κ3) is 8.49. The van der Waals surface area contributed by atoms with Crippen molar-refractivity contribution in [1.29, 1.82) is 0 Å². The molecule has 2 aromatic rings. The Balaban J connectivity index is 0.00000114. The molecule has 1 atom stereocenters. The number of carbonyl (C=O) groups excluding carboxylic acids is 2. The topological polar surface area (TPSA) is 101 Å². The number of aryl methyl sites for hydroxylation is 1. The zero-order valence-corrected chi connectivity index (χ0v) is 18.8. The van der Waals surface area contributed by atoms with Crippen molar-refractivity contribution in [1.82, 2.24) is 0 Å². The summed E-state index contributed by atoms with van der Waals surface area (Å²) in [5.74, 6) is 1.05. The minimum Gasteiger partial charge on any atom is -0.427 e. The van der Waals surface area contributed by atoms with Crippen LogP contribution in [-0.2, 0) is 16.0 Å². The van der Waals surface area contributed by atoms with Gasteiger partial charge in [0, 0.05) is 16.6 Å². The largest absolute Gasteiger partial charge is 0.451 e. The standard InChI is InChI=1S/C23H30BClFNO2.CO2/c25-20-9-7-18(8-10-20)21-11-6-16(15-22(21)26)4-5-17-13-19(14-17)23(27)3-1-2-12-24(28)29;2-1-3/h6-11,15,17,19,23,28-29H,1-5,12-14,27H2;.